The second-order valence-corrected chi connectivity index (χ2v) is 4.29. The molecule has 0 saturated carbocycles. The number of nitriles is 1. The Morgan fingerprint density at radius 3 is 3.22 bits per heavy atom. The van der Waals surface area contributed by atoms with Crippen molar-refractivity contribution in [3.8, 4) is 6.07 Å². The molecule has 18 heavy (non-hydrogen) atoms. The van der Waals surface area contributed by atoms with Gasteiger partial charge in [0.05, 0.1) is 18.7 Å². The molecule has 0 radical (unpaired) electrons. The van der Waals surface area contributed by atoms with E-state index in [1.807, 2.05) is 0 Å². The van der Waals surface area contributed by atoms with E-state index in [1.165, 1.54) is 0 Å². The van der Waals surface area contributed by atoms with Gasteiger partial charge in [-0.15, -0.1) is 0 Å². The van der Waals surface area contributed by atoms with Crippen molar-refractivity contribution in [3.63, 3.8) is 0 Å². The van der Waals surface area contributed by atoms with Crippen molar-refractivity contribution >= 4 is 5.82 Å². The lowest BCUT2D eigenvalue weighted by Gasteiger charge is -2.23. The predicted molar refractivity (Wildman–Crippen MR) is 66.4 cm³/mol. The first-order chi connectivity index (χ1) is 8.81. The molecule has 1 fully saturated rings. The van der Waals surface area contributed by atoms with Crippen LogP contribution in [0.3, 0.4) is 0 Å². The Bertz CT molecular complexity index is 405. The van der Waals surface area contributed by atoms with Gasteiger partial charge in [0.1, 0.15) is 0 Å². The summed E-state index contributed by atoms with van der Waals surface area (Å²) in [7, 11) is 0. The standard InChI is InChI=1S/C12H17N5O/c13-10-11-4-3-8-16(11)9-7-15-17(18)12-5-1-2-6-14-12/h1-2,5-6,11,15,17H,3-4,7-9H2. The molecule has 2 unspecified atom stereocenters. The first-order valence-corrected chi connectivity index (χ1v) is 6.14. The number of quaternary nitrogens is 1. The molecule has 96 valence electrons. The van der Waals surface area contributed by atoms with Gasteiger partial charge in [-0.1, -0.05) is 6.07 Å². The number of nitrogens with one attached hydrogen (secondary N) is 2. The molecule has 2 atom stereocenters. The molecule has 1 aliphatic heterocycles. The van der Waals surface area contributed by atoms with Gasteiger partial charge in [-0.25, -0.2) is 10.2 Å². The fourth-order valence-electron chi connectivity index (χ4n) is 2.14. The Hall–Kier alpha value is -1.52. The number of rotatable bonds is 5. The highest BCUT2D eigenvalue weighted by molar-refractivity contribution is 5.15. The molecule has 1 aromatic heterocycles. The van der Waals surface area contributed by atoms with Crippen molar-refractivity contribution in [1.82, 2.24) is 15.3 Å². The summed E-state index contributed by atoms with van der Waals surface area (Å²) in [4.78, 5) is 6.09. The van der Waals surface area contributed by atoms with Crippen LogP contribution < -0.4 is 10.6 Å². The number of nitrogens with zero attached hydrogens (tertiary/aromatic N) is 3. The number of aromatic nitrogens is 1. The molecular weight excluding hydrogens is 230 g/mol. The lowest BCUT2D eigenvalue weighted by Crippen LogP contribution is -3.10. The maximum Gasteiger partial charge on any atom is 0.245 e. The normalized spacial score (nSPS) is 21.7. The van der Waals surface area contributed by atoms with E-state index in [2.05, 4.69) is 21.4 Å². The highest BCUT2D eigenvalue weighted by atomic mass is 16.5. The third-order valence-electron chi connectivity index (χ3n) is 3.09. The van der Waals surface area contributed by atoms with Crippen molar-refractivity contribution in [2.45, 2.75) is 18.9 Å². The monoisotopic (exact) mass is 247 g/mol. The Labute approximate surface area is 106 Å². The van der Waals surface area contributed by atoms with Crippen LogP contribution in [0, 0.1) is 16.5 Å². The third kappa shape index (κ3) is 3.24. The van der Waals surface area contributed by atoms with Gasteiger partial charge in [-0.3, -0.25) is 4.90 Å². The van der Waals surface area contributed by atoms with Gasteiger partial charge in [0, 0.05) is 18.8 Å². The SMILES string of the molecule is N#CC1CCCN1CCN[NH+]([O-])c1ccccn1. The van der Waals surface area contributed by atoms with Crippen molar-refractivity contribution < 1.29 is 5.17 Å². The van der Waals surface area contributed by atoms with Crippen LogP contribution in [-0.4, -0.2) is 35.6 Å². The largest absolute Gasteiger partial charge is 0.607 e. The van der Waals surface area contributed by atoms with Crippen LogP contribution in [0.15, 0.2) is 24.4 Å². The number of hydrogen-bond donors (Lipinski definition) is 2. The van der Waals surface area contributed by atoms with E-state index < -0.39 is 0 Å². The predicted octanol–water partition coefficient (Wildman–Crippen LogP) is -0.412. The molecule has 0 amide bonds. The second kappa shape index (κ2) is 6.42. The van der Waals surface area contributed by atoms with E-state index >= 15 is 0 Å². The second-order valence-electron chi connectivity index (χ2n) is 4.29. The fraction of sp³-hybridized carbons (Fsp3) is 0.500. The number of likely N-dealkylation sites (tertiary alicyclic amines) is 1. The van der Waals surface area contributed by atoms with E-state index in [1.54, 1.807) is 24.4 Å². The van der Waals surface area contributed by atoms with Crippen LogP contribution >= 0.6 is 0 Å². The first kappa shape index (κ1) is 12.9. The van der Waals surface area contributed by atoms with E-state index in [0.717, 1.165) is 25.9 Å². The molecule has 0 aliphatic carbocycles. The minimum atomic E-state index is -0.164. The van der Waals surface area contributed by atoms with Crippen LogP contribution in [0.5, 0.6) is 0 Å². The minimum absolute atomic E-state index is 0.0109. The maximum absolute atomic E-state index is 11.7. The summed E-state index contributed by atoms with van der Waals surface area (Å²) in [6.45, 7) is 2.21. The summed E-state index contributed by atoms with van der Waals surface area (Å²) in [5.41, 5.74) is 2.82. The van der Waals surface area contributed by atoms with Crippen molar-refractivity contribution in [2.75, 3.05) is 19.6 Å². The van der Waals surface area contributed by atoms with Gasteiger partial charge in [0.2, 0.25) is 5.82 Å². The van der Waals surface area contributed by atoms with Gasteiger partial charge in [0.25, 0.3) is 0 Å². The zero-order chi connectivity index (χ0) is 12.8. The van der Waals surface area contributed by atoms with E-state index in [-0.39, 0.29) is 11.2 Å². The Morgan fingerprint density at radius 2 is 2.50 bits per heavy atom. The summed E-state index contributed by atoms with van der Waals surface area (Å²) in [5.74, 6) is 0.427. The summed E-state index contributed by atoms with van der Waals surface area (Å²) in [5, 5.41) is 20.5. The third-order valence-corrected chi connectivity index (χ3v) is 3.09. The van der Waals surface area contributed by atoms with Gasteiger partial charge < -0.3 is 5.21 Å². The molecule has 2 rings (SSSR count). The molecular formula is C12H17N5O. The summed E-state index contributed by atoms with van der Waals surface area (Å²) >= 11 is 0. The summed E-state index contributed by atoms with van der Waals surface area (Å²) in [6.07, 6.45) is 3.60. The molecule has 6 nitrogen and oxygen atoms in total. The van der Waals surface area contributed by atoms with Crippen LogP contribution in [0.25, 0.3) is 0 Å². The Balaban J connectivity index is 1.74. The minimum Gasteiger partial charge on any atom is -0.607 e. The molecule has 1 aliphatic rings. The maximum atomic E-state index is 11.7. The Kier molecular flexibility index (Phi) is 4.61. The molecule has 1 saturated heterocycles. The van der Waals surface area contributed by atoms with E-state index in [0.29, 0.717) is 12.4 Å². The van der Waals surface area contributed by atoms with Gasteiger partial charge in [-0.05, 0) is 25.5 Å². The highest BCUT2D eigenvalue weighted by Crippen LogP contribution is 2.14. The molecule has 6 heteroatoms. The zero-order valence-corrected chi connectivity index (χ0v) is 10.2. The van der Waals surface area contributed by atoms with Gasteiger partial charge in [0.15, 0.2) is 0 Å². The van der Waals surface area contributed by atoms with Crippen LogP contribution in [0.2, 0.25) is 0 Å². The Morgan fingerprint density at radius 1 is 1.61 bits per heavy atom. The lowest BCUT2D eigenvalue weighted by atomic mass is 10.2. The van der Waals surface area contributed by atoms with E-state index in [9.17, 15) is 5.21 Å². The van der Waals surface area contributed by atoms with Crippen molar-refractivity contribution in [2.24, 2.45) is 0 Å². The molecule has 0 aromatic carbocycles. The van der Waals surface area contributed by atoms with Crippen molar-refractivity contribution in [3.05, 3.63) is 29.6 Å². The lowest BCUT2D eigenvalue weighted by molar-refractivity contribution is -0.831. The zero-order valence-electron chi connectivity index (χ0n) is 10.2. The van der Waals surface area contributed by atoms with E-state index in [4.69, 9.17) is 5.26 Å². The summed E-state index contributed by atoms with van der Waals surface area (Å²) in [6, 6.07) is 7.54. The van der Waals surface area contributed by atoms with Crippen LogP contribution in [0.1, 0.15) is 12.8 Å². The number of hydrogen-bond acceptors (Lipinski definition) is 5. The molecule has 0 bridgehead atoms. The molecule has 2 N–H and O–H groups in total. The topological polar surface area (TPSA) is 79.5 Å². The molecule has 1 aromatic rings. The first-order valence-electron chi connectivity index (χ1n) is 6.14. The fourth-order valence-corrected chi connectivity index (χ4v) is 2.14. The van der Waals surface area contributed by atoms with Crippen molar-refractivity contribution in [1.29, 1.82) is 5.26 Å². The van der Waals surface area contributed by atoms with Crippen LogP contribution in [0.4, 0.5) is 5.82 Å². The highest BCUT2D eigenvalue weighted by Gasteiger charge is 2.23. The average molecular weight is 247 g/mol. The molecule has 0 spiro atoms. The smallest absolute Gasteiger partial charge is 0.245 e. The molecule has 2 heterocycles. The van der Waals surface area contributed by atoms with Gasteiger partial charge in [-0.2, -0.15) is 10.7 Å². The summed E-state index contributed by atoms with van der Waals surface area (Å²) < 4.78 is 0. The number of pyridine rings is 1. The quantitative estimate of drug-likeness (QED) is 0.691. The van der Waals surface area contributed by atoms with Gasteiger partial charge >= 0.3 is 0 Å². The van der Waals surface area contributed by atoms with Crippen LogP contribution in [-0.2, 0) is 0 Å². The average Bonchev–Trinajstić information content (AvgIpc) is 2.87.